The van der Waals surface area contributed by atoms with Crippen molar-refractivity contribution in [2.45, 2.75) is 18.8 Å². The predicted octanol–water partition coefficient (Wildman–Crippen LogP) is 4.97. The van der Waals surface area contributed by atoms with Crippen LogP contribution in [0.2, 0.25) is 0 Å². The molecule has 6 heteroatoms. The molecule has 0 saturated carbocycles. The molecule has 1 aromatic heterocycles. The average molecular weight is 403 g/mol. The molecular formula is C24H21NO5. The molecule has 0 aliphatic rings. The van der Waals surface area contributed by atoms with Crippen LogP contribution in [0.3, 0.4) is 0 Å². The molecular weight excluding hydrogens is 382 g/mol. The first kappa shape index (κ1) is 19.5. The van der Waals surface area contributed by atoms with Gasteiger partial charge in [0.05, 0.1) is 18.2 Å². The number of aliphatic carboxylic acids is 1. The van der Waals surface area contributed by atoms with Crippen molar-refractivity contribution in [1.82, 2.24) is 0 Å². The van der Waals surface area contributed by atoms with Gasteiger partial charge in [0.15, 0.2) is 0 Å². The van der Waals surface area contributed by atoms with Crippen LogP contribution < -0.4 is 10.1 Å². The fraction of sp³-hybridized carbons (Fsp3) is 0.167. The van der Waals surface area contributed by atoms with Gasteiger partial charge in [-0.2, -0.15) is 0 Å². The number of carboxylic acids is 1. The number of para-hydroxylation sites is 1. The van der Waals surface area contributed by atoms with Gasteiger partial charge in [-0.1, -0.05) is 48.5 Å². The van der Waals surface area contributed by atoms with Crippen molar-refractivity contribution in [1.29, 1.82) is 0 Å². The molecule has 0 fully saturated rings. The van der Waals surface area contributed by atoms with E-state index < -0.39 is 17.3 Å². The molecule has 0 unspecified atom stereocenters. The van der Waals surface area contributed by atoms with Crippen molar-refractivity contribution in [2.75, 3.05) is 12.4 Å². The molecule has 152 valence electrons. The Labute approximate surface area is 173 Å². The maximum Gasteiger partial charge on any atom is 0.314 e. The van der Waals surface area contributed by atoms with Gasteiger partial charge < -0.3 is 19.6 Å². The standard InChI is InChI=1S/C24H21NO5/c1-24(23(27)28,15-8-4-3-5-9-15)14-22(26)25-18-13-20-17(12-21(18)29-2)16-10-6-7-11-19(16)30-20/h3-13H,14H2,1-2H3,(H,25,26)(H,27,28)/t24-/m1/s1. The Kier molecular flexibility index (Phi) is 4.91. The normalized spacial score (nSPS) is 13.1. The molecule has 30 heavy (non-hydrogen) atoms. The first-order valence-corrected chi connectivity index (χ1v) is 9.50. The highest BCUT2D eigenvalue weighted by Crippen LogP contribution is 2.37. The Morgan fingerprint density at radius 3 is 2.40 bits per heavy atom. The minimum Gasteiger partial charge on any atom is -0.495 e. The first-order valence-electron chi connectivity index (χ1n) is 9.50. The van der Waals surface area contributed by atoms with E-state index in [9.17, 15) is 14.7 Å². The van der Waals surface area contributed by atoms with Crippen LogP contribution in [-0.4, -0.2) is 24.1 Å². The third kappa shape index (κ3) is 3.37. The van der Waals surface area contributed by atoms with Gasteiger partial charge in [-0.25, -0.2) is 0 Å². The van der Waals surface area contributed by atoms with E-state index in [-0.39, 0.29) is 6.42 Å². The van der Waals surface area contributed by atoms with Crippen molar-refractivity contribution in [2.24, 2.45) is 0 Å². The number of carbonyl (C=O) groups is 2. The highest BCUT2D eigenvalue weighted by atomic mass is 16.5. The highest BCUT2D eigenvalue weighted by molar-refractivity contribution is 6.08. The molecule has 4 rings (SSSR count). The van der Waals surface area contributed by atoms with E-state index in [1.807, 2.05) is 30.3 Å². The minimum absolute atomic E-state index is 0.229. The summed E-state index contributed by atoms with van der Waals surface area (Å²) in [6.07, 6.45) is -0.229. The van der Waals surface area contributed by atoms with Gasteiger partial charge in [-0.3, -0.25) is 9.59 Å². The molecule has 1 amide bonds. The number of ether oxygens (including phenoxy) is 1. The summed E-state index contributed by atoms with van der Waals surface area (Å²) >= 11 is 0. The molecule has 2 N–H and O–H groups in total. The molecule has 3 aromatic carbocycles. The molecule has 0 saturated heterocycles. The van der Waals surface area contributed by atoms with Crippen LogP contribution in [0.1, 0.15) is 18.9 Å². The quantitative estimate of drug-likeness (QED) is 0.475. The first-order chi connectivity index (χ1) is 14.4. The Morgan fingerprint density at radius 2 is 1.70 bits per heavy atom. The Morgan fingerprint density at radius 1 is 1.00 bits per heavy atom. The Balaban J connectivity index is 1.66. The van der Waals surface area contributed by atoms with Crippen LogP contribution in [0.5, 0.6) is 5.75 Å². The molecule has 0 aliphatic heterocycles. The summed E-state index contributed by atoms with van der Waals surface area (Å²) in [5.41, 5.74) is 0.973. The number of carboxylic acid groups (broad SMARTS) is 1. The summed E-state index contributed by atoms with van der Waals surface area (Å²) in [6, 6.07) is 19.9. The van der Waals surface area contributed by atoms with E-state index in [4.69, 9.17) is 9.15 Å². The number of hydrogen-bond donors (Lipinski definition) is 2. The lowest BCUT2D eigenvalue weighted by atomic mass is 9.79. The predicted molar refractivity (Wildman–Crippen MR) is 115 cm³/mol. The van der Waals surface area contributed by atoms with Crippen molar-refractivity contribution in [3.63, 3.8) is 0 Å². The number of fused-ring (bicyclic) bond motifs is 3. The molecule has 1 atom stereocenters. The van der Waals surface area contributed by atoms with Gasteiger partial charge in [-0.15, -0.1) is 0 Å². The molecule has 1 heterocycles. The second-order valence-corrected chi connectivity index (χ2v) is 7.38. The van der Waals surface area contributed by atoms with E-state index in [1.165, 1.54) is 7.11 Å². The number of rotatable bonds is 6. The summed E-state index contributed by atoms with van der Waals surface area (Å²) in [5, 5.41) is 14.4. The average Bonchev–Trinajstić information content (AvgIpc) is 3.10. The van der Waals surface area contributed by atoms with E-state index in [0.717, 1.165) is 16.4 Å². The minimum atomic E-state index is -1.36. The summed E-state index contributed by atoms with van der Waals surface area (Å²) in [4.78, 5) is 24.8. The zero-order chi connectivity index (χ0) is 21.3. The zero-order valence-corrected chi connectivity index (χ0v) is 16.6. The third-order valence-corrected chi connectivity index (χ3v) is 5.37. The van der Waals surface area contributed by atoms with Gasteiger partial charge in [0.25, 0.3) is 0 Å². The van der Waals surface area contributed by atoms with Crippen molar-refractivity contribution in [3.8, 4) is 5.75 Å². The molecule has 0 spiro atoms. The van der Waals surface area contributed by atoms with Gasteiger partial charge >= 0.3 is 5.97 Å². The van der Waals surface area contributed by atoms with Crippen molar-refractivity contribution >= 4 is 39.5 Å². The number of amides is 1. The second-order valence-electron chi connectivity index (χ2n) is 7.38. The number of anilines is 1. The smallest absolute Gasteiger partial charge is 0.314 e. The van der Waals surface area contributed by atoms with E-state index in [2.05, 4.69) is 5.32 Å². The van der Waals surface area contributed by atoms with E-state index in [1.54, 1.807) is 43.3 Å². The molecule has 4 aromatic rings. The van der Waals surface area contributed by atoms with Crippen molar-refractivity contribution < 1.29 is 23.8 Å². The van der Waals surface area contributed by atoms with Gasteiger partial charge in [0, 0.05) is 23.3 Å². The molecule has 0 radical (unpaired) electrons. The lowest BCUT2D eigenvalue weighted by molar-refractivity contribution is -0.145. The maximum absolute atomic E-state index is 12.8. The fourth-order valence-corrected chi connectivity index (χ4v) is 3.64. The third-order valence-electron chi connectivity index (χ3n) is 5.37. The van der Waals surface area contributed by atoms with Gasteiger partial charge in [0.1, 0.15) is 16.9 Å². The number of methoxy groups -OCH3 is 1. The molecule has 6 nitrogen and oxygen atoms in total. The lowest BCUT2D eigenvalue weighted by Gasteiger charge is -2.25. The summed E-state index contributed by atoms with van der Waals surface area (Å²) in [7, 11) is 1.52. The summed E-state index contributed by atoms with van der Waals surface area (Å²) < 4.78 is 11.3. The largest absolute Gasteiger partial charge is 0.495 e. The molecule has 0 bridgehead atoms. The van der Waals surface area contributed by atoms with E-state index in [0.29, 0.717) is 22.6 Å². The summed E-state index contributed by atoms with van der Waals surface area (Å²) in [6.45, 7) is 1.55. The van der Waals surface area contributed by atoms with Crippen LogP contribution in [-0.2, 0) is 15.0 Å². The van der Waals surface area contributed by atoms with Gasteiger partial charge in [-0.05, 0) is 24.6 Å². The zero-order valence-electron chi connectivity index (χ0n) is 16.6. The maximum atomic E-state index is 12.8. The van der Waals surface area contributed by atoms with Crippen LogP contribution in [0.15, 0.2) is 71.1 Å². The fourth-order valence-electron chi connectivity index (χ4n) is 3.64. The number of furan rings is 1. The van der Waals surface area contributed by atoms with Gasteiger partial charge in [0.2, 0.25) is 5.91 Å². The monoisotopic (exact) mass is 403 g/mol. The Hall–Kier alpha value is -3.80. The topological polar surface area (TPSA) is 88.8 Å². The second kappa shape index (κ2) is 7.55. The number of hydrogen-bond acceptors (Lipinski definition) is 4. The van der Waals surface area contributed by atoms with Crippen LogP contribution in [0.25, 0.3) is 21.9 Å². The van der Waals surface area contributed by atoms with Crippen LogP contribution >= 0.6 is 0 Å². The SMILES string of the molecule is COc1cc2c(cc1NC(=O)C[C@@](C)(C(=O)O)c1ccccc1)oc1ccccc12. The Bertz CT molecular complexity index is 1240. The summed E-state index contributed by atoms with van der Waals surface area (Å²) in [5.74, 6) is -1.03. The molecule has 0 aliphatic carbocycles. The number of benzene rings is 3. The van der Waals surface area contributed by atoms with Crippen LogP contribution in [0, 0.1) is 0 Å². The van der Waals surface area contributed by atoms with Crippen molar-refractivity contribution in [3.05, 3.63) is 72.3 Å². The number of nitrogens with one attached hydrogen (secondary N) is 1. The lowest BCUT2D eigenvalue weighted by Crippen LogP contribution is -2.36. The van der Waals surface area contributed by atoms with Crippen LogP contribution in [0.4, 0.5) is 5.69 Å². The van der Waals surface area contributed by atoms with E-state index >= 15 is 0 Å². The highest BCUT2D eigenvalue weighted by Gasteiger charge is 2.37. The number of carbonyl (C=O) groups excluding carboxylic acids is 1.